The first kappa shape index (κ1) is 10.1. The summed E-state index contributed by atoms with van der Waals surface area (Å²) in [5.41, 5.74) is 1.44. The fourth-order valence-electron chi connectivity index (χ4n) is 1.73. The average molecular weight is 210 g/mol. The molecule has 0 amide bonds. The lowest BCUT2D eigenvalue weighted by atomic mass is 9.98. The maximum absolute atomic E-state index is 4.72. The Labute approximate surface area is 89.8 Å². The molecule has 1 saturated heterocycles. The molecule has 1 N–H and O–H groups in total. The van der Waals surface area contributed by atoms with Gasteiger partial charge in [0.25, 0.3) is 0 Å². The minimum atomic E-state index is 0.196. The molecule has 14 heavy (non-hydrogen) atoms. The largest absolute Gasteiger partial charge is 0.309 e. The quantitative estimate of drug-likeness (QED) is 0.771. The highest BCUT2D eigenvalue weighted by molar-refractivity contribution is 7.09. The predicted octanol–water partition coefficient (Wildman–Crippen LogP) is 2.87. The van der Waals surface area contributed by atoms with E-state index in [1.807, 2.05) is 0 Å². The molecule has 0 aliphatic carbocycles. The summed E-state index contributed by atoms with van der Waals surface area (Å²) in [4.78, 5) is 4.72. The van der Waals surface area contributed by atoms with Crippen LogP contribution in [0.15, 0.2) is 5.38 Å². The topological polar surface area (TPSA) is 24.9 Å². The van der Waals surface area contributed by atoms with Crippen molar-refractivity contribution in [3.8, 4) is 0 Å². The molecule has 1 aromatic rings. The van der Waals surface area contributed by atoms with E-state index in [-0.39, 0.29) is 5.41 Å². The molecular formula is C11H18N2S. The Bertz CT molecular complexity index is 305. The van der Waals surface area contributed by atoms with Gasteiger partial charge in [0.2, 0.25) is 0 Å². The van der Waals surface area contributed by atoms with Gasteiger partial charge in [-0.2, -0.15) is 0 Å². The van der Waals surface area contributed by atoms with Crippen molar-refractivity contribution in [2.45, 2.75) is 45.1 Å². The molecule has 2 heterocycles. The van der Waals surface area contributed by atoms with Gasteiger partial charge in [0, 0.05) is 10.8 Å². The van der Waals surface area contributed by atoms with Crippen molar-refractivity contribution in [3.05, 3.63) is 16.1 Å². The van der Waals surface area contributed by atoms with Crippen molar-refractivity contribution in [1.29, 1.82) is 0 Å². The second-order valence-corrected chi connectivity index (χ2v) is 5.83. The fourth-order valence-corrected chi connectivity index (χ4v) is 2.69. The van der Waals surface area contributed by atoms with E-state index in [0.29, 0.717) is 6.04 Å². The van der Waals surface area contributed by atoms with E-state index >= 15 is 0 Å². The Morgan fingerprint density at radius 1 is 1.50 bits per heavy atom. The number of hydrogen-bond donors (Lipinski definition) is 1. The van der Waals surface area contributed by atoms with Crippen molar-refractivity contribution in [2.75, 3.05) is 6.54 Å². The summed E-state index contributed by atoms with van der Waals surface area (Å²) in [7, 11) is 0. The summed E-state index contributed by atoms with van der Waals surface area (Å²) in [5, 5.41) is 6.94. The first-order valence-corrected chi connectivity index (χ1v) is 6.14. The Morgan fingerprint density at radius 2 is 2.29 bits per heavy atom. The summed E-state index contributed by atoms with van der Waals surface area (Å²) >= 11 is 1.79. The summed E-state index contributed by atoms with van der Waals surface area (Å²) < 4.78 is 0. The zero-order valence-electron chi connectivity index (χ0n) is 9.13. The first-order valence-electron chi connectivity index (χ1n) is 5.26. The second kappa shape index (κ2) is 3.63. The lowest BCUT2D eigenvalue weighted by molar-refractivity contribution is 0.570. The van der Waals surface area contributed by atoms with Crippen LogP contribution >= 0.6 is 11.3 Å². The number of nitrogens with one attached hydrogen (secondary N) is 1. The SMILES string of the molecule is CC(C)(C)c1nc([C@H]2CCCN2)cs1. The van der Waals surface area contributed by atoms with E-state index in [4.69, 9.17) is 4.98 Å². The van der Waals surface area contributed by atoms with Gasteiger partial charge in [0.1, 0.15) is 0 Å². The minimum Gasteiger partial charge on any atom is -0.309 e. The van der Waals surface area contributed by atoms with Gasteiger partial charge < -0.3 is 5.32 Å². The monoisotopic (exact) mass is 210 g/mol. The van der Waals surface area contributed by atoms with E-state index in [2.05, 4.69) is 31.5 Å². The van der Waals surface area contributed by atoms with Crippen LogP contribution in [0.2, 0.25) is 0 Å². The number of rotatable bonds is 1. The van der Waals surface area contributed by atoms with E-state index in [9.17, 15) is 0 Å². The number of nitrogens with zero attached hydrogens (tertiary/aromatic N) is 1. The zero-order valence-corrected chi connectivity index (χ0v) is 9.95. The third-order valence-electron chi connectivity index (χ3n) is 2.58. The molecule has 0 unspecified atom stereocenters. The highest BCUT2D eigenvalue weighted by Crippen LogP contribution is 2.30. The molecule has 78 valence electrons. The Kier molecular flexibility index (Phi) is 2.62. The van der Waals surface area contributed by atoms with Crippen LogP contribution in [0.4, 0.5) is 0 Å². The van der Waals surface area contributed by atoms with Crippen LogP contribution in [0.3, 0.4) is 0 Å². The lowest BCUT2D eigenvalue weighted by Crippen LogP contribution is -2.15. The van der Waals surface area contributed by atoms with Gasteiger partial charge in [0.15, 0.2) is 0 Å². The predicted molar refractivity (Wildman–Crippen MR) is 60.8 cm³/mol. The second-order valence-electron chi connectivity index (χ2n) is 4.98. The van der Waals surface area contributed by atoms with Gasteiger partial charge in [-0.1, -0.05) is 20.8 Å². The maximum Gasteiger partial charge on any atom is 0.0982 e. The third kappa shape index (κ3) is 1.98. The smallest absolute Gasteiger partial charge is 0.0982 e. The van der Waals surface area contributed by atoms with Crippen molar-refractivity contribution < 1.29 is 0 Å². The van der Waals surface area contributed by atoms with Crippen LogP contribution in [0, 0.1) is 0 Å². The number of aromatic nitrogens is 1. The first-order chi connectivity index (χ1) is 6.57. The summed E-state index contributed by atoms with van der Waals surface area (Å²) in [6, 6.07) is 0.516. The van der Waals surface area contributed by atoms with Crippen LogP contribution in [0.25, 0.3) is 0 Å². The Morgan fingerprint density at radius 3 is 2.79 bits per heavy atom. The molecule has 0 spiro atoms. The van der Waals surface area contributed by atoms with Gasteiger partial charge in [-0.15, -0.1) is 11.3 Å². The van der Waals surface area contributed by atoms with E-state index in [1.54, 1.807) is 11.3 Å². The van der Waals surface area contributed by atoms with E-state index in [0.717, 1.165) is 6.54 Å². The molecule has 0 radical (unpaired) electrons. The minimum absolute atomic E-state index is 0.196. The van der Waals surface area contributed by atoms with Crippen molar-refractivity contribution in [2.24, 2.45) is 0 Å². The summed E-state index contributed by atoms with van der Waals surface area (Å²) in [5.74, 6) is 0. The van der Waals surface area contributed by atoms with E-state index < -0.39 is 0 Å². The summed E-state index contributed by atoms with van der Waals surface area (Å²) in [6.07, 6.45) is 2.53. The molecule has 3 heteroatoms. The molecule has 2 nitrogen and oxygen atoms in total. The van der Waals surface area contributed by atoms with Crippen LogP contribution in [0.1, 0.15) is 50.4 Å². The molecule has 2 rings (SSSR count). The molecule has 1 atom stereocenters. The zero-order chi connectivity index (χ0) is 10.2. The highest BCUT2D eigenvalue weighted by Gasteiger charge is 2.22. The fraction of sp³-hybridized carbons (Fsp3) is 0.727. The molecule has 1 aliphatic heterocycles. The highest BCUT2D eigenvalue weighted by atomic mass is 32.1. The molecule has 0 bridgehead atoms. The van der Waals surface area contributed by atoms with Gasteiger partial charge in [-0.05, 0) is 19.4 Å². The Hall–Kier alpha value is -0.410. The molecular weight excluding hydrogens is 192 g/mol. The van der Waals surface area contributed by atoms with Crippen LogP contribution < -0.4 is 5.32 Å². The van der Waals surface area contributed by atoms with E-state index in [1.165, 1.54) is 23.5 Å². The average Bonchev–Trinajstić information content (AvgIpc) is 2.73. The molecule has 0 aromatic carbocycles. The van der Waals surface area contributed by atoms with Gasteiger partial charge >= 0.3 is 0 Å². The van der Waals surface area contributed by atoms with Crippen LogP contribution in [-0.4, -0.2) is 11.5 Å². The van der Waals surface area contributed by atoms with Crippen molar-refractivity contribution in [3.63, 3.8) is 0 Å². The number of hydrogen-bond acceptors (Lipinski definition) is 3. The normalized spacial score (nSPS) is 22.9. The van der Waals surface area contributed by atoms with Crippen LogP contribution in [0.5, 0.6) is 0 Å². The standard InChI is InChI=1S/C11H18N2S/c1-11(2,3)10-13-9(7-14-10)8-5-4-6-12-8/h7-8,12H,4-6H2,1-3H3/t8-/m1/s1. The van der Waals surface area contributed by atoms with Crippen LogP contribution in [-0.2, 0) is 5.41 Å². The third-order valence-corrected chi connectivity index (χ3v) is 3.87. The van der Waals surface area contributed by atoms with Gasteiger partial charge in [-0.3, -0.25) is 0 Å². The number of thiazole rings is 1. The van der Waals surface area contributed by atoms with Gasteiger partial charge in [0.05, 0.1) is 16.7 Å². The molecule has 1 aromatic heterocycles. The molecule has 0 saturated carbocycles. The maximum atomic E-state index is 4.72. The Balaban J connectivity index is 2.17. The lowest BCUT2D eigenvalue weighted by Gasteiger charge is -2.14. The summed E-state index contributed by atoms with van der Waals surface area (Å²) in [6.45, 7) is 7.81. The van der Waals surface area contributed by atoms with Crippen molar-refractivity contribution in [1.82, 2.24) is 10.3 Å². The van der Waals surface area contributed by atoms with Crippen molar-refractivity contribution >= 4 is 11.3 Å². The van der Waals surface area contributed by atoms with Gasteiger partial charge in [-0.25, -0.2) is 4.98 Å². The molecule has 1 fully saturated rings. The molecule has 1 aliphatic rings.